The van der Waals surface area contributed by atoms with Crippen molar-refractivity contribution in [1.29, 1.82) is 0 Å². The maximum absolute atomic E-state index is 13.8. The average Bonchev–Trinajstić information content (AvgIpc) is 3.40. The number of carboxylic acid groups (broad SMARTS) is 1. The number of carbonyl (C=O) groups is 4. The predicted octanol–water partition coefficient (Wildman–Crippen LogP) is -1.27. The van der Waals surface area contributed by atoms with Crippen LogP contribution in [0.5, 0.6) is 0 Å². The Kier molecular flexibility index (Phi) is 14.6. The third-order valence-corrected chi connectivity index (χ3v) is 7.39. The summed E-state index contributed by atoms with van der Waals surface area (Å²) in [4.78, 5) is 63.0. The van der Waals surface area contributed by atoms with Crippen molar-refractivity contribution < 1.29 is 24.3 Å². The summed E-state index contributed by atoms with van der Waals surface area (Å²) in [5.41, 5.74) is 29.0. The van der Waals surface area contributed by atoms with E-state index in [1.165, 1.54) is 0 Å². The topological polar surface area (TPSA) is 295 Å². The first-order chi connectivity index (χ1) is 21.3. The van der Waals surface area contributed by atoms with Crippen LogP contribution in [0.15, 0.2) is 40.4 Å². The minimum Gasteiger partial charge on any atom is -0.480 e. The number of amides is 3. The zero-order chi connectivity index (χ0) is 33.5. The van der Waals surface area contributed by atoms with Crippen LogP contribution in [0, 0.1) is 5.92 Å². The second-order valence-corrected chi connectivity index (χ2v) is 10.9. The molecule has 0 radical (unpaired) electrons. The van der Waals surface area contributed by atoms with E-state index in [2.05, 4.69) is 30.9 Å². The molecule has 1 aromatic carbocycles. The van der Waals surface area contributed by atoms with Crippen LogP contribution < -0.4 is 44.6 Å². The van der Waals surface area contributed by atoms with Crippen molar-refractivity contribution in [1.82, 2.24) is 20.9 Å². The zero-order valence-electron chi connectivity index (χ0n) is 25.8. The number of fused-ring (bicyclic) bond motifs is 1. The number of para-hydroxylation sites is 1. The van der Waals surface area contributed by atoms with Crippen LogP contribution in [-0.2, 0) is 25.6 Å². The molecule has 248 valence electrons. The van der Waals surface area contributed by atoms with Crippen LogP contribution in [0.3, 0.4) is 0 Å². The summed E-state index contributed by atoms with van der Waals surface area (Å²) >= 11 is 0. The van der Waals surface area contributed by atoms with Crippen molar-refractivity contribution in [3.63, 3.8) is 0 Å². The number of nitrogens with one attached hydrogen (secondary N) is 4. The monoisotopic (exact) mass is 629 g/mol. The van der Waals surface area contributed by atoms with Crippen molar-refractivity contribution in [2.75, 3.05) is 13.1 Å². The van der Waals surface area contributed by atoms with Gasteiger partial charge in [-0.05, 0) is 43.2 Å². The highest BCUT2D eigenvalue weighted by molar-refractivity contribution is 5.95. The molecular formula is C29H47N11O5. The Bertz CT molecular complexity index is 1350. The lowest BCUT2D eigenvalue weighted by Crippen LogP contribution is -2.59. The average molecular weight is 630 g/mol. The Morgan fingerprint density at radius 1 is 0.867 bits per heavy atom. The first kappa shape index (κ1) is 36.3. The smallest absolute Gasteiger partial charge is 0.326 e. The van der Waals surface area contributed by atoms with E-state index in [-0.39, 0.29) is 43.6 Å². The maximum Gasteiger partial charge on any atom is 0.326 e. The maximum atomic E-state index is 13.8. The molecule has 2 aromatic rings. The molecule has 0 spiro atoms. The third-order valence-electron chi connectivity index (χ3n) is 7.39. The summed E-state index contributed by atoms with van der Waals surface area (Å²) in [5, 5.41) is 18.6. The van der Waals surface area contributed by atoms with E-state index in [9.17, 15) is 24.3 Å². The molecule has 16 nitrogen and oxygen atoms in total. The molecule has 5 atom stereocenters. The van der Waals surface area contributed by atoms with Gasteiger partial charge < -0.3 is 54.7 Å². The Morgan fingerprint density at radius 3 is 2.07 bits per heavy atom. The van der Waals surface area contributed by atoms with E-state index in [0.29, 0.717) is 25.8 Å². The number of nitrogens with zero attached hydrogens (tertiary/aromatic N) is 2. The Hall–Kier alpha value is -4.86. The largest absolute Gasteiger partial charge is 0.480 e. The number of aromatic nitrogens is 1. The number of guanidine groups is 2. The first-order valence-corrected chi connectivity index (χ1v) is 14.9. The summed E-state index contributed by atoms with van der Waals surface area (Å²) in [6.45, 7) is 4.09. The van der Waals surface area contributed by atoms with Gasteiger partial charge in [0.2, 0.25) is 17.7 Å². The van der Waals surface area contributed by atoms with Crippen LogP contribution in [0.25, 0.3) is 10.9 Å². The van der Waals surface area contributed by atoms with Gasteiger partial charge in [0.1, 0.15) is 18.1 Å². The quantitative estimate of drug-likeness (QED) is 0.0499. The van der Waals surface area contributed by atoms with Gasteiger partial charge in [0.25, 0.3) is 0 Å². The first-order valence-electron chi connectivity index (χ1n) is 14.9. The molecule has 1 aromatic heterocycles. The molecule has 0 aliphatic heterocycles. The van der Waals surface area contributed by atoms with Gasteiger partial charge in [-0.3, -0.25) is 24.4 Å². The molecule has 0 aliphatic carbocycles. The van der Waals surface area contributed by atoms with E-state index < -0.39 is 47.9 Å². The van der Waals surface area contributed by atoms with Crippen molar-refractivity contribution in [2.24, 2.45) is 44.6 Å². The molecule has 1 heterocycles. The van der Waals surface area contributed by atoms with Gasteiger partial charge in [0.15, 0.2) is 11.9 Å². The second kappa shape index (κ2) is 18.1. The summed E-state index contributed by atoms with van der Waals surface area (Å²) < 4.78 is 0. The predicted molar refractivity (Wildman–Crippen MR) is 173 cm³/mol. The highest BCUT2D eigenvalue weighted by atomic mass is 16.4. The van der Waals surface area contributed by atoms with Crippen molar-refractivity contribution >= 4 is 46.5 Å². The summed E-state index contributed by atoms with van der Waals surface area (Å²) in [6, 6.07) is 3.15. The molecular weight excluding hydrogens is 582 g/mol. The van der Waals surface area contributed by atoms with Gasteiger partial charge in [0, 0.05) is 36.6 Å². The number of aromatic amines is 1. The number of benzene rings is 1. The fraction of sp³-hybridized carbons (Fsp3) is 0.517. The van der Waals surface area contributed by atoms with Gasteiger partial charge in [-0.1, -0.05) is 38.5 Å². The Labute approximate surface area is 262 Å². The van der Waals surface area contributed by atoms with Gasteiger partial charge in [-0.2, -0.15) is 0 Å². The minimum absolute atomic E-state index is 0.0657. The highest BCUT2D eigenvalue weighted by Crippen LogP contribution is 2.20. The van der Waals surface area contributed by atoms with Crippen LogP contribution in [0.4, 0.5) is 0 Å². The number of carbonyl (C=O) groups excluding carboxylic acids is 3. The molecule has 3 amide bonds. The molecule has 45 heavy (non-hydrogen) atoms. The molecule has 0 saturated heterocycles. The number of H-pyrrole nitrogens is 1. The Balaban J connectivity index is 2.25. The van der Waals surface area contributed by atoms with E-state index in [0.717, 1.165) is 16.5 Å². The van der Waals surface area contributed by atoms with Gasteiger partial charge in [-0.15, -0.1) is 0 Å². The molecule has 0 fully saturated rings. The lowest BCUT2D eigenvalue weighted by molar-refractivity contribution is -0.143. The van der Waals surface area contributed by atoms with Gasteiger partial charge >= 0.3 is 5.97 Å². The number of nitrogens with two attached hydrogens (primary N) is 5. The molecule has 0 aliphatic rings. The number of rotatable bonds is 19. The third kappa shape index (κ3) is 12.0. The number of carboxylic acids is 1. The number of aliphatic imine (C=N–C) groups is 2. The summed E-state index contributed by atoms with van der Waals surface area (Å²) in [6.07, 6.45) is 3.44. The summed E-state index contributed by atoms with van der Waals surface area (Å²) in [7, 11) is 0. The number of aliphatic carboxylic acids is 1. The van der Waals surface area contributed by atoms with Gasteiger partial charge in [0.05, 0.1) is 6.04 Å². The standard InChI is InChI=1S/C29H47N11O5/c1-3-16(2)23(26(43)38-21(27(44)45)11-7-13-36-29(33)34)40-25(42)22(14-17-15-37-20-10-5-4-8-18(17)20)39-24(41)19(30)9-6-12-35-28(31)32/h4-5,8,10,15-16,19,21-23,37H,3,6-7,9,11-14,30H2,1-2H3,(H,38,43)(H,39,41)(H,40,42)(H,44,45)(H4,31,32,35)(H4,33,34,36). The minimum atomic E-state index is -1.24. The molecule has 5 unspecified atom stereocenters. The Morgan fingerprint density at radius 2 is 1.47 bits per heavy atom. The van der Waals surface area contributed by atoms with Gasteiger partial charge in [-0.25, -0.2) is 4.79 Å². The van der Waals surface area contributed by atoms with Crippen molar-refractivity contribution in [2.45, 2.75) is 76.5 Å². The van der Waals surface area contributed by atoms with E-state index >= 15 is 0 Å². The lowest BCUT2D eigenvalue weighted by atomic mass is 9.96. The molecule has 0 saturated carbocycles. The fourth-order valence-electron chi connectivity index (χ4n) is 4.64. The van der Waals surface area contributed by atoms with Crippen LogP contribution in [-0.4, -0.2) is 83.0 Å². The van der Waals surface area contributed by atoms with E-state index in [1.54, 1.807) is 13.1 Å². The van der Waals surface area contributed by atoms with E-state index in [1.807, 2.05) is 31.2 Å². The molecule has 2 rings (SSSR count). The normalized spacial score (nSPS) is 14.3. The van der Waals surface area contributed by atoms with Crippen LogP contribution in [0.1, 0.15) is 51.5 Å². The molecule has 16 heteroatoms. The second-order valence-electron chi connectivity index (χ2n) is 10.9. The SMILES string of the molecule is CCC(C)C(NC(=O)C(Cc1c[nH]c2ccccc12)NC(=O)C(N)CCCN=C(N)N)C(=O)NC(CCCN=C(N)N)C(=O)O. The van der Waals surface area contributed by atoms with Crippen molar-refractivity contribution in [3.05, 3.63) is 36.0 Å². The lowest BCUT2D eigenvalue weighted by Gasteiger charge is -2.28. The van der Waals surface area contributed by atoms with E-state index in [4.69, 9.17) is 28.7 Å². The van der Waals surface area contributed by atoms with Crippen LogP contribution in [0.2, 0.25) is 0 Å². The van der Waals surface area contributed by atoms with Crippen molar-refractivity contribution in [3.8, 4) is 0 Å². The summed E-state index contributed by atoms with van der Waals surface area (Å²) in [5.74, 6) is -3.64. The van der Waals surface area contributed by atoms with Crippen LogP contribution >= 0.6 is 0 Å². The number of hydrogen-bond acceptors (Lipinski definition) is 7. The highest BCUT2D eigenvalue weighted by Gasteiger charge is 2.33. The zero-order valence-corrected chi connectivity index (χ0v) is 25.8. The molecule has 15 N–H and O–H groups in total. The number of hydrogen-bond donors (Lipinski definition) is 10. The fourth-order valence-corrected chi connectivity index (χ4v) is 4.64. The molecule has 0 bridgehead atoms.